The molecule has 0 saturated carbocycles. The molecular weight excluding hydrogens is 761 g/mol. The average molecular weight is 856 g/mol. The van der Waals surface area contributed by atoms with Gasteiger partial charge in [-0.15, -0.1) is 13.2 Å². The maximum absolute atomic E-state index is 6.45. The molecule has 0 amide bonds. The zero-order valence-corrected chi connectivity index (χ0v) is 40.9. The summed E-state index contributed by atoms with van der Waals surface area (Å²) in [5.74, 6) is 0. The molecule has 0 aliphatic heterocycles. The van der Waals surface area contributed by atoms with Crippen molar-refractivity contribution in [2.24, 2.45) is 0 Å². The van der Waals surface area contributed by atoms with Crippen molar-refractivity contribution in [3.63, 3.8) is 0 Å². The van der Waals surface area contributed by atoms with Gasteiger partial charge < -0.3 is 39.8 Å². The number of hydrogen-bond acceptors (Lipinski definition) is 9. The van der Waals surface area contributed by atoms with Gasteiger partial charge in [-0.05, 0) is 117 Å². The molecule has 0 bridgehead atoms. The van der Waals surface area contributed by atoms with Crippen molar-refractivity contribution >= 4 is 60.9 Å². The predicted octanol–water partition coefficient (Wildman–Crippen LogP) is 10.2. The summed E-state index contributed by atoms with van der Waals surface area (Å²) in [6.45, 7) is 43.3. The SMILES string of the molecule is C.C.C.C.C=CCOCCOCC=C.CO[Si](C)(C)CCCOCCOCCC[Si](C)(C)O[Si](C)(C)O[SiH](C)C.C[SiH](C)O[Si](C)(C)O[SiH](C)C. The monoisotopic (exact) mass is 855 g/mol. The fraction of sp³-hybridized carbons (Fsp3) is 0.886. The van der Waals surface area contributed by atoms with Crippen LogP contribution >= 0.6 is 0 Å². The van der Waals surface area contributed by atoms with E-state index in [0.29, 0.717) is 39.6 Å². The Morgan fingerprint density at radius 1 is 0.471 bits per heavy atom. The summed E-state index contributed by atoms with van der Waals surface area (Å²) in [4.78, 5) is 0. The summed E-state index contributed by atoms with van der Waals surface area (Å²) in [5.41, 5.74) is 0. The number of hydrogen-bond donors (Lipinski definition) is 0. The normalized spacial score (nSPS) is 11.6. The second-order valence-electron chi connectivity index (χ2n) is 14.3. The van der Waals surface area contributed by atoms with Gasteiger partial charge in [0, 0.05) is 20.3 Å². The summed E-state index contributed by atoms with van der Waals surface area (Å²) >= 11 is 0. The second-order valence-corrected chi connectivity index (χ2v) is 38.3. The molecule has 0 N–H and O–H groups in total. The van der Waals surface area contributed by atoms with Gasteiger partial charge in [-0.2, -0.15) is 0 Å². The Morgan fingerprint density at radius 3 is 1.10 bits per heavy atom. The first-order chi connectivity index (χ1) is 21.6. The molecule has 0 aliphatic rings. The highest BCUT2D eigenvalue weighted by atomic mass is 28.5. The zero-order valence-electron chi connectivity index (χ0n) is 33.5. The quantitative estimate of drug-likeness (QED) is 0.0456. The minimum atomic E-state index is -1.96. The molecule has 0 atom stereocenters. The van der Waals surface area contributed by atoms with Crippen LogP contribution < -0.4 is 0 Å². The van der Waals surface area contributed by atoms with Gasteiger partial charge in [-0.25, -0.2) is 0 Å². The van der Waals surface area contributed by atoms with Crippen LogP contribution in [0, 0.1) is 0 Å². The van der Waals surface area contributed by atoms with Crippen molar-refractivity contribution in [2.45, 2.75) is 146 Å². The molecule has 0 aromatic rings. The molecule has 0 aromatic carbocycles. The standard InChI is InChI=1S/C17H44O5Si4.C8H14O2.C6H20O2Si3.4CH4/c1-18-24(4,5)16-10-12-19-14-15-20-13-11-17-25(6,7)22-26(8,9)21-23(2)3;1-3-5-9-7-8-10-6-4-2;1-9(2)7-11(5,6)8-10(3)4;;;;/h23H,10-17H2,1-9H3;3-4H,1-2,5-8H2;9-10H,1-6H3;4*1H4. The van der Waals surface area contributed by atoms with Crippen molar-refractivity contribution in [1.29, 1.82) is 0 Å². The van der Waals surface area contributed by atoms with E-state index < -0.39 is 60.9 Å². The third kappa shape index (κ3) is 55.1. The molecule has 16 heteroatoms. The molecule has 0 radical (unpaired) electrons. The van der Waals surface area contributed by atoms with Crippen molar-refractivity contribution in [2.75, 3.05) is 60.0 Å². The van der Waals surface area contributed by atoms with Gasteiger partial charge >= 0.3 is 17.1 Å². The summed E-state index contributed by atoms with van der Waals surface area (Å²) in [7, 11) is -7.78. The first-order valence-corrected chi connectivity index (χ1v) is 37.7. The van der Waals surface area contributed by atoms with Gasteiger partial charge in [0.2, 0.25) is 0 Å². The maximum atomic E-state index is 6.45. The molecule has 0 fully saturated rings. The van der Waals surface area contributed by atoms with E-state index in [0.717, 1.165) is 38.1 Å². The minimum absolute atomic E-state index is 0. The predicted molar refractivity (Wildman–Crippen MR) is 247 cm³/mol. The van der Waals surface area contributed by atoms with E-state index in [9.17, 15) is 0 Å². The Bertz CT molecular complexity index is 720. The van der Waals surface area contributed by atoms with E-state index >= 15 is 0 Å². The van der Waals surface area contributed by atoms with Crippen LogP contribution in [0.1, 0.15) is 42.5 Å². The molecular formula is C35H94O9Si7. The Labute approximate surface area is 330 Å². The van der Waals surface area contributed by atoms with Crippen LogP contribution in [0.15, 0.2) is 25.3 Å². The van der Waals surface area contributed by atoms with E-state index in [4.69, 9.17) is 39.8 Å². The van der Waals surface area contributed by atoms with Crippen molar-refractivity contribution in [1.82, 2.24) is 0 Å². The fourth-order valence-electron chi connectivity index (χ4n) is 4.55. The third-order valence-corrected chi connectivity index (χ3v) is 26.8. The highest BCUT2D eigenvalue weighted by Crippen LogP contribution is 2.21. The Hall–Kier alpha value is 0.638. The highest BCUT2D eigenvalue weighted by molar-refractivity contribution is 6.84. The van der Waals surface area contributed by atoms with Gasteiger partial charge in [0.25, 0.3) is 0 Å². The highest BCUT2D eigenvalue weighted by Gasteiger charge is 2.34. The first-order valence-electron chi connectivity index (χ1n) is 17.5. The van der Waals surface area contributed by atoms with E-state index in [2.05, 4.69) is 105 Å². The summed E-state index contributed by atoms with van der Waals surface area (Å²) in [5, 5.41) is 0. The number of rotatable bonds is 27. The molecule has 316 valence electrons. The van der Waals surface area contributed by atoms with Crippen molar-refractivity contribution in [3.8, 4) is 0 Å². The minimum Gasteiger partial charge on any atom is -0.440 e. The molecule has 0 unspecified atom stereocenters. The van der Waals surface area contributed by atoms with Crippen LogP contribution in [0.25, 0.3) is 0 Å². The van der Waals surface area contributed by atoms with Gasteiger partial charge in [-0.1, -0.05) is 41.9 Å². The average Bonchev–Trinajstić information content (AvgIpc) is 2.89. The summed E-state index contributed by atoms with van der Waals surface area (Å²) < 4.78 is 51.2. The Kier molecular flexibility index (Phi) is 50.7. The van der Waals surface area contributed by atoms with E-state index in [1.165, 1.54) is 0 Å². The van der Waals surface area contributed by atoms with E-state index in [1.54, 1.807) is 12.2 Å². The van der Waals surface area contributed by atoms with Crippen LogP contribution in [0.3, 0.4) is 0 Å². The molecule has 51 heavy (non-hydrogen) atoms. The van der Waals surface area contributed by atoms with Crippen LogP contribution in [0.5, 0.6) is 0 Å². The van der Waals surface area contributed by atoms with Crippen LogP contribution in [-0.4, -0.2) is 121 Å². The lowest BCUT2D eigenvalue weighted by atomic mass is 10.5. The lowest BCUT2D eigenvalue weighted by Crippen LogP contribution is -2.48. The molecule has 0 aromatic heterocycles. The zero-order chi connectivity index (χ0) is 37.0. The molecule has 0 saturated heterocycles. The lowest BCUT2D eigenvalue weighted by Gasteiger charge is -2.34. The smallest absolute Gasteiger partial charge is 0.310 e. The molecule has 0 aliphatic carbocycles. The first kappa shape index (κ1) is 66.5. The molecule has 0 heterocycles. The van der Waals surface area contributed by atoms with Gasteiger partial charge in [0.05, 0.1) is 39.6 Å². The van der Waals surface area contributed by atoms with Gasteiger partial charge in [0.15, 0.2) is 43.8 Å². The second kappa shape index (κ2) is 38.9. The van der Waals surface area contributed by atoms with E-state index in [-0.39, 0.29) is 29.7 Å². The lowest BCUT2D eigenvalue weighted by molar-refractivity contribution is 0.0478. The topological polar surface area (TPSA) is 83.1 Å². The van der Waals surface area contributed by atoms with Crippen molar-refractivity contribution < 1.29 is 39.8 Å². The van der Waals surface area contributed by atoms with E-state index in [1.807, 2.05) is 7.11 Å². The molecule has 0 rings (SSSR count). The van der Waals surface area contributed by atoms with Gasteiger partial charge in [-0.3, -0.25) is 0 Å². The van der Waals surface area contributed by atoms with Crippen LogP contribution in [0.4, 0.5) is 0 Å². The van der Waals surface area contributed by atoms with Crippen molar-refractivity contribution in [3.05, 3.63) is 25.3 Å². The summed E-state index contributed by atoms with van der Waals surface area (Å²) in [6, 6.07) is 2.26. The molecule has 0 spiro atoms. The third-order valence-electron chi connectivity index (χ3n) is 5.98. The van der Waals surface area contributed by atoms with Gasteiger partial charge in [0.1, 0.15) is 0 Å². The number of ether oxygens (including phenoxy) is 4. The maximum Gasteiger partial charge on any atom is 0.310 e. The fourth-order valence-corrected chi connectivity index (χ4v) is 27.4. The summed E-state index contributed by atoms with van der Waals surface area (Å²) in [6.07, 6.45) is 5.56. The van der Waals surface area contributed by atoms with Crippen LogP contribution in [0.2, 0.25) is 104 Å². The molecule has 9 nitrogen and oxygen atoms in total. The Balaban J connectivity index is -0.000000129. The largest absolute Gasteiger partial charge is 0.440 e. The Morgan fingerprint density at radius 2 is 0.784 bits per heavy atom. The van der Waals surface area contributed by atoms with Crippen LogP contribution in [-0.2, 0) is 39.8 Å².